The number of likely N-dealkylation sites (tertiary alicyclic amines) is 2. The van der Waals surface area contributed by atoms with Crippen molar-refractivity contribution in [2.24, 2.45) is 0 Å². The van der Waals surface area contributed by atoms with Gasteiger partial charge in [0.05, 0.1) is 18.7 Å². The van der Waals surface area contributed by atoms with Crippen LogP contribution in [0, 0.1) is 0 Å². The number of hydrogen-bond acceptors (Lipinski definition) is 4. The zero-order valence-electron chi connectivity index (χ0n) is 17.3. The van der Waals surface area contributed by atoms with Gasteiger partial charge in [0.25, 0.3) is 0 Å². The molecule has 0 spiro atoms. The molecule has 3 heterocycles. The summed E-state index contributed by atoms with van der Waals surface area (Å²) >= 11 is 0. The van der Waals surface area contributed by atoms with E-state index in [4.69, 9.17) is 4.74 Å². The van der Waals surface area contributed by atoms with Crippen LogP contribution >= 0.6 is 10.2 Å². The summed E-state index contributed by atoms with van der Waals surface area (Å²) in [5.41, 5.74) is 0.594. The van der Waals surface area contributed by atoms with Crippen LogP contribution in [0.1, 0.15) is 30.7 Å². The number of benzene rings is 1. The summed E-state index contributed by atoms with van der Waals surface area (Å²) in [6.07, 6.45) is 1.83. The maximum absolute atomic E-state index is 12.9. The number of rotatable bonds is 4. The van der Waals surface area contributed by atoms with Crippen molar-refractivity contribution in [1.29, 1.82) is 0 Å². The van der Waals surface area contributed by atoms with Crippen molar-refractivity contribution in [2.75, 3.05) is 39.3 Å². The smallest absolute Gasteiger partial charge is 0.310 e. The maximum Gasteiger partial charge on any atom is 0.310 e. The van der Waals surface area contributed by atoms with Crippen molar-refractivity contribution in [3.8, 4) is 0 Å². The number of fused-ring (bicyclic) bond motifs is 1. The second-order valence-electron chi connectivity index (χ2n) is 8.74. The van der Waals surface area contributed by atoms with Gasteiger partial charge in [-0.3, -0.25) is 14.5 Å². The van der Waals surface area contributed by atoms with Crippen LogP contribution in [0.15, 0.2) is 29.2 Å². The van der Waals surface area contributed by atoms with Crippen molar-refractivity contribution in [3.63, 3.8) is 0 Å². The first-order valence-corrected chi connectivity index (χ1v) is 12.5. The van der Waals surface area contributed by atoms with Gasteiger partial charge in [-0.1, -0.05) is 31.6 Å². The topological polar surface area (TPSA) is 61.9 Å². The van der Waals surface area contributed by atoms with E-state index in [9.17, 15) is 29.0 Å². The lowest BCUT2D eigenvalue weighted by molar-refractivity contribution is -0.147. The van der Waals surface area contributed by atoms with Crippen molar-refractivity contribution in [1.82, 2.24) is 15.1 Å². The molecule has 4 rings (SSSR count). The number of nitrogens with one attached hydrogen (secondary N) is 1. The highest BCUT2D eigenvalue weighted by Gasteiger charge is 2.65. The summed E-state index contributed by atoms with van der Waals surface area (Å²) in [5, 5.41) is 2.86. The molecule has 180 valence electrons. The molecule has 1 unspecified atom stereocenters. The van der Waals surface area contributed by atoms with Crippen LogP contribution in [-0.2, 0) is 14.3 Å². The molecule has 3 saturated heterocycles. The number of carbonyl (C=O) groups excluding carboxylic acids is 2. The molecule has 0 aromatic heterocycles. The van der Waals surface area contributed by atoms with E-state index in [1.54, 1.807) is 4.90 Å². The second kappa shape index (κ2) is 7.56. The van der Waals surface area contributed by atoms with Gasteiger partial charge in [0, 0.05) is 13.1 Å². The molecule has 0 saturated carbocycles. The normalized spacial score (nSPS) is 27.8. The Morgan fingerprint density at radius 2 is 1.69 bits per heavy atom. The van der Waals surface area contributed by atoms with Crippen LogP contribution in [0.5, 0.6) is 0 Å². The number of hydrogen-bond donors (Lipinski definition) is 1. The van der Waals surface area contributed by atoms with Gasteiger partial charge in [0.1, 0.15) is 11.5 Å². The Hall–Kier alpha value is -1.92. The van der Waals surface area contributed by atoms with Crippen molar-refractivity contribution < 1.29 is 33.8 Å². The molecule has 3 aliphatic heterocycles. The molecule has 3 fully saturated rings. The van der Waals surface area contributed by atoms with E-state index >= 15 is 0 Å². The Morgan fingerprint density at radius 3 is 2.31 bits per heavy atom. The van der Waals surface area contributed by atoms with Gasteiger partial charge in [-0.25, -0.2) is 0 Å². The molecular formula is C20H26F5N3O3S. The summed E-state index contributed by atoms with van der Waals surface area (Å²) in [7, 11) is -9.66. The number of halogens is 5. The summed E-state index contributed by atoms with van der Waals surface area (Å²) in [5.74, 6) is -0.266. The zero-order valence-corrected chi connectivity index (χ0v) is 18.1. The maximum atomic E-state index is 12.9. The van der Waals surface area contributed by atoms with Gasteiger partial charge in [0.2, 0.25) is 11.8 Å². The first kappa shape index (κ1) is 23.2. The van der Waals surface area contributed by atoms with Crippen LogP contribution < -0.4 is 5.32 Å². The molecule has 32 heavy (non-hydrogen) atoms. The van der Waals surface area contributed by atoms with Crippen LogP contribution in [0.2, 0.25) is 0 Å². The lowest BCUT2D eigenvalue weighted by atomic mass is 9.89. The molecule has 1 N–H and O–H groups in total. The number of carbonyl (C=O) groups is 2. The van der Waals surface area contributed by atoms with E-state index in [1.807, 2.05) is 4.90 Å². The Kier molecular flexibility index (Phi) is 5.49. The first-order valence-electron chi connectivity index (χ1n) is 10.5. The van der Waals surface area contributed by atoms with E-state index in [-0.39, 0.29) is 43.0 Å². The van der Waals surface area contributed by atoms with Gasteiger partial charge < -0.3 is 15.0 Å². The van der Waals surface area contributed by atoms with Gasteiger partial charge in [-0.2, -0.15) is 0 Å². The Balaban J connectivity index is 1.28. The van der Waals surface area contributed by atoms with Gasteiger partial charge in [-0.05, 0) is 56.0 Å². The molecule has 0 bridgehead atoms. The largest absolute Gasteiger partial charge is 0.366 e. The average Bonchev–Trinajstić information content (AvgIpc) is 2.72. The molecular weight excluding hydrogens is 457 g/mol. The fraction of sp³-hybridized carbons (Fsp3) is 0.600. The van der Waals surface area contributed by atoms with Crippen molar-refractivity contribution in [3.05, 3.63) is 29.8 Å². The highest BCUT2D eigenvalue weighted by atomic mass is 32.5. The Morgan fingerprint density at radius 1 is 1.03 bits per heavy atom. The number of ether oxygens (including phenoxy) is 1. The fourth-order valence-corrected chi connectivity index (χ4v) is 5.29. The van der Waals surface area contributed by atoms with E-state index in [1.165, 1.54) is 0 Å². The molecule has 2 atom stereocenters. The molecule has 1 aromatic carbocycles. The Labute approximate surface area is 182 Å². The third kappa shape index (κ3) is 5.34. The number of amides is 2. The predicted molar refractivity (Wildman–Crippen MR) is 109 cm³/mol. The average molecular weight is 484 g/mol. The minimum absolute atomic E-state index is 0.0399. The minimum Gasteiger partial charge on any atom is -0.366 e. The summed E-state index contributed by atoms with van der Waals surface area (Å²) < 4.78 is 69.9. The van der Waals surface area contributed by atoms with Gasteiger partial charge in [0.15, 0.2) is 0 Å². The molecule has 6 nitrogen and oxygen atoms in total. The van der Waals surface area contributed by atoms with Crippen LogP contribution in [0.4, 0.5) is 19.4 Å². The highest BCUT2D eigenvalue weighted by molar-refractivity contribution is 8.45. The molecule has 2 amide bonds. The summed E-state index contributed by atoms with van der Waals surface area (Å²) in [4.78, 5) is 26.1. The monoisotopic (exact) mass is 483 g/mol. The standard InChI is InChI=1S/C20H26F5N3O3S/c21-32(22,23,24,25)16-3-1-14(2-4-16)15-5-8-27(9-6-15)12-20(30)28-10-7-18-17(11-28)26-19(29)13-31-18/h1-4,15,17-18H,5-13H2,(H,26,29)/t17-,18?/m1/s1. The first-order chi connectivity index (χ1) is 14.8. The molecule has 0 aliphatic carbocycles. The quantitative estimate of drug-likeness (QED) is 0.665. The third-order valence-corrected chi connectivity index (χ3v) is 7.58. The minimum atomic E-state index is -9.66. The fourth-order valence-electron chi connectivity index (χ4n) is 4.64. The van der Waals surface area contributed by atoms with Crippen molar-refractivity contribution in [2.45, 2.75) is 42.2 Å². The van der Waals surface area contributed by atoms with Crippen molar-refractivity contribution >= 4 is 22.0 Å². The predicted octanol–water partition coefficient (Wildman–Crippen LogP) is 3.64. The van der Waals surface area contributed by atoms with Crippen LogP contribution in [0.25, 0.3) is 0 Å². The van der Waals surface area contributed by atoms with E-state index in [2.05, 4.69) is 5.32 Å². The number of piperidine rings is 2. The Bertz CT molecular complexity index is 889. The van der Waals surface area contributed by atoms with Gasteiger partial charge >= 0.3 is 10.2 Å². The van der Waals surface area contributed by atoms with E-state index in [0.29, 0.717) is 63.1 Å². The lowest BCUT2D eigenvalue weighted by Gasteiger charge is -2.42. The van der Waals surface area contributed by atoms with Crippen LogP contribution in [0.3, 0.4) is 0 Å². The van der Waals surface area contributed by atoms with E-state index in [0.717, 1.165) is 12.1 Å². The zero-order chi connectivity index (χ0) is 23.2. The molecule has 1 aromatic rings. The highest BCUT2D eigenvalue weighted by Crippen LogP contribution is 3.02. The molecule has 12 heteroatoms. The molecule has 0 radical (unpaired) electrons. The van der Waals surface area contributed by atoms with Gasteiger partial charge in [-0.15, -0.1) is 0 Å². The number of morpholine rings is 1. The summed E-state index contributed by atoms with van der Waals surface area (Å²) in [6, 6.07) is 2.98. The lowest BCUT2D eigenvalue weighted by Crippen LogP contribution is -2.61. The van der Waals surface area contributed by atoms with Crippen LogP contribution in [-0.4, -0.2) is 73.1 Å². The second-order valence-corrected chi connectivity index (χ2v) is 11.1. The third-order valence-electron chi connectivity index (χ3n) is 6.42. The van der Waals surface area contributed by atoms with E-state index < -0.39 is 15.1 Å². The molecule has 3 aliphatic rings. The SMILES string of the molecule is O=C1COC2CCN(C(=O)CN3CCC(c4ccc(S(F)(F)(F)(F)F)cc4)CC3)C[C@H]2N1. The summed E-state index contributed by atoms with van der Waals surface area (Å²) in [6.45, 7) is 2.41. The number of nitrogens with zero attached hydrogens (tertiary/aromatic N) is 2.